The quantitative estimate of drug-likeness (QED) is 0.861. The molecule has 1 aromatic rings. The maximum atomic E-state index is 5.17. The smallest absolute Gasteiger partial charge is 0.0613 e. The van der Waals surface area contributed by atoms with Crippen LogP contribution >= 0.6 is 0 Å². The number of nitrogens with one attached hydrogen (secondary N) is 1. The molecule has 0 heterocycles. The SMILES string of the molecule is COCC(C)NC1CCC(c2ccccc2)CC1. The first-order valence-corrected chi connectivity index (χ1v) is 7.09. The van der Waals surface area contributed by atoms with Gasteiger partial charge >= 0.3 is 0 Å². The van der Waals surface area contributed by atoms with Crippen LogP contribution in [-0.2, 0) is 4.74 Å². The van der Waals surface area contributed by atoms with Crippen molar-refractivity contribution in [3.8, 4) is 0 Å². The van der Waals surface area contributed by atoms with Crippen molar-refractivity contribution < 1.29 is 4.74 Å². The molecule has 2 heteroatoms. The van der Waals surface area contributed by atoms with E-state index in [1.54, 1.807) is 7.11 Å². The van der Waals surface area contributed by atoms with Crippen LogP contribution in [0.2, 0.25) is 0 Å². The summed E-state index contributed by atoms with van der Waals surface area (Å²) in [7, 11) is 1.77. The lowest BCUT2D eigenvalue weighted by Crippen LogP contribution is -2.40. The van der Waals surface area contributed by atoms with Gasteiger partial charge in [-0.15, -0.1) is 0 Å². The minimum Gasteiger partial charge on any atom is -0.383 e. The highest BCUT2D eigenvalue weighted by Crippen LogP contribution is 2.32. The molecule has 0 bridgehead atoms. The molecule has 0 aromatic heterocycles. The molecular weight excluding hydrogens is 222 g/mol. The van der Waals surface area contributed by atoms with Crippen LogP contribution in [0.25, 0.3) is 0 Å². The Kier molecular flexibility index (Phi) is 5.21. The fourth-order valence-corrected chi connectivity index (χ4v) is 3.02. The zero-order valence-corrected chi connectivity index (χ0v) is 11.6. The lowest BCUT2D eigenvalue weighted by molar-refractivity contribution is 0.161. The van der Waals surface area contributed by atoms with Gasteiger partial charge in [0.25, 0.3) is 0 Å². The summed E-state index contributed by atoms with van der Waals surface area (Å²) in [4.78, 5) is 0. The topological polar surface area (TPSA) is 21.3 Å². The van der Waals surface area contributed by atoms with Crippen LogP contribution in [0.4, 0.5) is 0 Å². The second-order valence-electron chi connectivity index (χ2n) is 5.48. The van der Waals surface area contributed by atoms with E-state index in [2.05, 4.69) is 42.6 Å². The predicted molar refractivity (Wildman–Crippen MR) is 75.9 cm³/mol. The molecule has 1 aliphatic rings. The fraction of sp³-hybridized carbons (Fsp3) is 0.625. The van der Waals surface area contributed by atoms with E-state index in [-0.39, 0.29) is 0 Å². The van der Waals surface area contributed by atoms with Gasteiger partial charge in [-0.25, -0.2) is 0 Å². The molecule has 1 aromatic carbocycles. The van der Waals surface area contributed by atoms with Crippen LogP contribution in [0, 0.1) is 0 Å². The Labute approximate surface area is 111 Å². The van der Waals surface area contributed by atoms with Gasteiger partial charge in [-0.05, 0) is 44.1 Å². The van der Waals surface area contributed by atoms with Crippen LogP contribution in [0.3, 0.4) is 0 Å². The summed E-state index contributed by atoms with van der Waals surface area (Å²) >= 11 is 0. The van der Waals surface area contributed by atoms with E-state index in [1.165, 1.54) is 31.2 Å². The molecule has 1 unspecified atom stereocenters. The summed E-state index contributed by atoms with van der Waals surface area (Å²) in [6, 6.07) is 12.1. The Morgan fingerprint density at radius 3 is 2.44 bits per heavy atom. The Morgan fingerprint density at radius 2 is 1.83 bits per heavy atom. The molecule has 18 heavy (non-hydrogen) atoms. The standard InChI is InChI=1S/C16H25NO/c1-13(12-18-2)17-16-10-8-15(9-11-16)14-6-4-3-5-7-14/h3-7,13,15-17H,8-12H2,1-2H3. The second-order valence-corrected chi connectivity index (χ2v) is 5.48. The van der Waals surface area contributed by atoms with Crippen LogP contribution in [0.1, 0.15) is 44.1 Å². The molecule has 0 saturated heterocycles. The highest BCUT2D eigenvalue weighted by atomic mass is 16.5. The summed E-state index contributed by atoms with van der Waals surface area (Å²) < 4.78 is 5.17. The normalized spacial score (nSPS) is 25.9. The van der Waals surface area contributed by atoms with Crippen molar-refractivity contribution in [1.29, 1.82) is 0 Å². The lowest BCUT2D eigenvalue weighted by atomic mass is 9.81. The van der Waals surface area contributed by atoms with Gasteiger partial charge in [0.1, 0.15) is 0 Å². The van der Waals surface area contributed by atoms with Crippen LogP contribution in [0.15, 0.2) is 30.3 Å². The van der Waals surface area contributed by atoms with E-state index in [9.17, 15) is 0 Å². The molecule has 0 amide bonds. The summed E-state index contributed by atoms with van der Waals surface area (Å²) in [6.07, 6.45) is 5.18. The maximum absolute atomic E-state index is 5.17. The Balaban J connectivity index is 1.78. The Morgan fingerprint density at radius 1 is 1.17 bits per heavy atom. The molecule has 100 valence electrons. The van der Waals surface area contributed by atoms with Gasteiger partial charge in [0.15, 0.2) is 0 Å². The van der Waals surface area contributed by atoms with Crippen LogP contribution in [0.5, 0.6) is 0 Å². The van der Waals surface area contributed by atoms with Gasteiger partial charge in [-0.2, -0.15) is 0 Å². The van der Waals surface area contributed by atoms with Crippen LogP contribution in [-0.4, -0.2) is 25.8 Å². The lowest BCUT2D eigenvalue weighted by Gasteiger charge is -2.31. The number of hydrogen-bond donors (Lipinski definition) is 1. The van der Waals surface area contributed by atoms with E-state index < -0.39 is 0 Å². The summed E-state index contributed by atoms with van der Waals surface area (Å²) in [6.45, 7) is 3.01. The summed E-state index contributed by atoms with van der Waals surface area (Å²) in [5.74, 6) is 0.766. The average Bonchev–Trinajstić information content (AvgIpc) is 2.41. The van der Waals surface area contributed by atoms with E-state index in [0.29, 0.717) is 12.1 Å². The molecule has 1 saturated carbocycles. The Hall–Kier alpha value is -0.860. The number of methoxy groups -OCH3 is 1. The first-order chi connectivity index (χ1) is 8.79. The third-order valence-corrected chi connectivity index (χ3v) is 3.94. The summed E-state index contributed by atoms with van der Waals surface area (Å²) in [5, 5.41) is 3.67. The van der Waals surface area contributed by atoms with Gasteiger partial charge in [-0.1, -0.05) is 30.3 Å². The van der Waals surface area contributed by atoms with Gasteiger partial charge in [-0.3, -0.25) is 0 Å². The van der Waals surface area contributed by atoms with Crippen molar-refractivity contribution in [2.24, 2.45) is 0 Å². The monoisotopic (exact) mass is 247 g/mol. The fourth-order valence-electron chi connectivity index (χ4n) is 3.02. The zero-order valence-electron chi connectivity index (χ0n) is 11.6. The molecule has 2 rings (SSSR count). The van der Waals surface area contributed by atoms with Crippen molar-refractivity contribution in [1.82, 2.24) is 5.32 Å². The number of rotatable bonds is 5. The third kappa shape index (κ3) is 3.82. The van der Waals surface area contributed by atoms with Gasteiger partial charge in [0.2, 0.25) is 0 Å². The van der Waals surface area contributed by atoms with Gasteiger partial charge < -0.3 is 10.1 Å². The van der Waals surface area contributed by atoms with Gasteiger partial charge in [0.05, 0.1) is 6.61 Å². The van der Waals surface area contributed by atoms with E-state index >= 15 is 0 Å². The van der Waals surface area contributed by atoms with Crippen molar-refractivity contribution >= 4 is 0 Å². The Bertz CT molecular complexity index is 330. The highest BCUT2D eigenvalue weighted by molar-refractivity contribution is 5.20. The predicted octanol–water partition coefficient (Wildman–Crippen LogP) is 3.34. The molecular formula is C16H25NO. The van der Waals surface area contributed by atoms with Crippen molar-refractivity contribution in [3.63, 3.8) is 0 Å². The molecule has 0 aliphatic heterocycles. The second kappa shape index (κ2) is 6.91. The van der Waals surface area contributed by atoms with E-state index in [1.807, 2.05) is 0 Å². The molecule has 0 spiro atoms. The third-order valence-electron chi connectivity index (χ3n) is 3.94. The largest absolute Gasteiger partial charge is 0.383 e. The van der Waals surface area contributed by atoms with Crippen molar-refractivity contribution in [3.05, 3.63) is 35.9 Å². The molecule has 2 nitrogen and oxygen atoms in total. The average molecular weight is 247 g/mol. The number of hydrogen-bond acceptors (Lipinski definition) is 2. The van der Waals surface area contributed by atoms with Crippen molar-refractivity contribution in [2.45, 2.75) is 50.6 Å². The highest BCUT2D eigenvalue weighted by Gasteiger charge is 2.22. The van der Waals surface area contributed by atoms with E-state index in [0.717, 1.165) is 12.5 Å². The summed E-state index contributed by atoms with van der Waals surface area (Å²) in [5.41, 5.74) is 1.51. The minimum atomic E-state index is 0.466. The molecule has 1 atom stereocenters. The minimum absolute atomic E-state index is 0.466. The molecule has 1 aliphatic carbocycles. The number of ether oxygens (including phenoxy) is 1. The first kappa shape index (κ1) is 13.6. The molecule has 1 fully saturated rings. The van der Waals surface area contributed by atoms with Gasteiger partial charge in [0, 0.05) is 19.2 Å². The van der Waals surface area contributed by atoms with E-state index in [4.69, 9.17) is 4.74 Å². The van der Waals surface area contributed by atoms with Crippen molar-refractivity contribution in [2.75, 3.05) is 13.7 Å². The molecule has 0 radical (unpaired) electrons. The molecule has 1 N–H and O–H groups in total. The zero-order chi connectivity index (χ0) is 12.8. The first-order valence-electron chi connectivity index (χ1n) is 7.09. The number of benzene rings is 1. The van der Waals surface area contributed by atoms with Crippen LogP contribution < -0.4 is 5.32 Å². The maximum Gasteiger partial charge on any atom is 0.0613 e.